The average molecular weight is 458 g/mol. The lowest BCUT2D eigenvalue weighted by Crippen LogP contribution is -2.35. The molecule has 2 aromatic rings. The van der Waals surface area contributed by atoms with Crippen LogP contribution in [0.1, 0.15) is 53.2 Å². The number of hydrogen-bond acceptors (Lipinski definition) is 4. The zero-order chi connectivity index (χ0) is 23.3. The molecule has 0 radical (unpaired) electrons. The van der Waals surface area contributed by atoms with Gasteiger partial charge in [-0.15, -0.1) is 0 Å². The van der Waals surface area contributed by atoms with Gasteiger partial charge in [-0.3, -0.25) is 9.52 Å². The van der Waals surface area contributed by atoms with E-state index in [-0.39, 0.29) is 10.8 Å². The van der Waals surface area contributed by atoms with Crippen LogP contribution in [0.25, 0.3) is 0 Å². The van der Waals surface area contributed by atoms with Crippen LogP contribution >= 0.6 is 0 Å². The van der Waals surface area contributed by atoms with Gasteiger partial charge in [0, 0.05) is 17.8 Å². The normalized spacial score (nSPS) is 15.5. The average Bonchev–Trinajstić information content (AvgIpc) is 2.75. The van der Waals surface area contributed by atoms with E-state index in [1.54, 1.807) is 25.1 Å². The van der Waals surface area contributed by atoms with Crippen LogP contribution in [0.3, 0.4) is 0 Å². The Bertz CT molecular complexity index is 1060. The number of rotatable bonds is 8. The lowest BCUT2D eigenvalue weighted by molar-refractivity contribution is 0.0950. The van der Waals surface area contributed by atoms with Gasteiger partial charge in [-0.25, -0.2) is 8.42 Å². The topological polar surface area (TPSA) is 78.5 Å². The molecule has 2 aromatic carbocycles. The van der Waals surface area contributed by atoms with Gasteiger partial charge in [0.1, 0.15) is 0 Å². The van der Waals surface area contributed by atoms with Gasteiger partial charge in [-0.05, 0) is 107 Å². The van der Waals surface area contributed by atoms with E-state index in [0.717, 1.165) is 43.1 Å². The number of aryl methyl sites for hydroxylation is 3. The first-order valence-corrected chi connectivity index (χ1v) is 12.9. The van der Waals surface area contributed by atoms with Gasteiger partial charge in [0.2, 0.25) is 0 Å². The van der Waals surface area contributed by atoms with Gasteiger partial charge in [-0.1, -0.05) is 19.1 Å². The molecule has 1 aliphatic rings. The number of likely N-dealkylation sites (tertiary alicyclic amines) is 1. The lowest BCUT2D eigenvalue weighted by atomic mass is 9.99. The highest BCUT2D eigenvalue weighted by atomic mass is 32.2. The summed E-state index contributed by atoms with van der Waals surface area (Å²) in [5.41, 5.74) is 3.56. The Morgan fingerprint density at radius 3 is 2.38 bits per heavy atom. The number of anilines is 1. The van der Waals surface area contributed by atoms with E-state index in [9.17, 15) is 13.2 Å². The molecule has 1 saturated heterocycles. The fraction of sp³-hybridized carbons (Fsp3) is 0.480. The summed E-state index contributed by atoms with van der Waals surface area (Å²) in [6.45, 7) is 11.7. The smallest absolute Gasteiger partial charge is 0.262 e. The minimum Gasteiger partial charge on any atom is -0.352 e. The number of nitrogens with zero attached hydrogens (tertiary/aromatic N) is 1. The molecule has 6 nitrogen and oxygen atoms in total. The van der Waals surface area contributed by atoms with Gasteiger partial charge in [0.15, 0.2) is 0 Å². The third kappa shape index (κ3) is 6.33. The molecule has 0 aromatic heterocycles. The van der Waals surface area contributed by atoms with E-state index in [4.69, 9.17) is 0 Å². The van der Waals surface area contributed by atoms with E-state index in [2.05, 4.69) is 21.9 Å². The Hall–Kier alpha value is -2.38. The molecule has 1 heterocycles. The summed E-state index contributed by atoms with van der Waals surface area (Å²) in [6.07, 6.45) is 3.36. The number of carbonyl (C=O) groups excluding carboxylic acids is 1. The molecule has 1 fully saturated rings. The van der Waals surface area contributed by atoms with E-state index < -0.39 is 10.0 Å². The van der Waals surface area contributed by atoms with E-state index in [1.165, 1.54) is 18.9 Å². The van der Waals surface area contributed by atoms with Crippen LogP contribution in [-0.2, 0) is 10.0 Å². The molecule has 32 heavy (non-hydrogen) atoms. The summed E-state index contributed by atoms with van der Waals surface area (Å²) < 4.78 is 28.6. The molecule has 3 rings (SSSR count). The molecule has 1 aliphatic heterocycles. The number of hydrogen-bond donors (Lipinski definition) is 2. The maximum atomic E-state index is 13.0. The summed E-state index contributed by atoms with van der Waals surface area (Å²) in [7, 11) is -3.81. The van der Waals surface area contributed by atoms with Crippen LogP contribution < -0.4 is 10.0 Å². The first kappa shape index (κ1) is 24.3. The number of nitrogens with one attached hydrogen (secondary N) is 2. The summed E-state index contributed by atoms with van der Waals surface area (Å²) >= 11 is 0. The largest absolute Gasteiger partial charge is 0.352 e. The van der Waals surface area contributed by atoms with Gasteiger partial charge in [0.25, 0.3) is 15.9 Å². The van der Waals surface area contributed by atoms with Crippen molar-refractivity contribution in [3.8, 4) is 0 Å². The molecule has 174 valence electrons. The third-order valence-corrected chi connectivity index (χ3v) is 7.84. The number of sulfonamides is 1. The number of piperidine rings is 1. The van der Waals surface area contributed by atoms with Crippen LogP contribution in [0.15, 0.2) is 41.3 Å². The fourth-order valence-corrected chi connectivity index (χ4v) is 5.26. The Kier molecular flexibility index (Phi) is 7.96. The highest BCUT2D eigenvalue weighted by Crippen LogP contribution is 2.22. The Morgan fingerprint density at radius 1 is 1.00 bits per heavy atom. The van der Waals surface area contributed by atoms with Gasteiger partial charge in [0.05, 0.1) is 4.90 Å². The van der Waals surface area contributed by atoms with E-state index >= 15 is 0 Å². The summed E-state index contributed by atoms with van der Waals surface area (Å²) in [6, 6.07) is 10.2. The van der Waals surface area contributed by atoms with Crippen molar-refractivity contribution in [3.63, 3.8) is 0 Å². The van der Waals surface area contributed by atoms with Crippen molar-refractivity contribution in [2.24, 2.45) is 5.92 Å². The monoisotopic (exact) mass is 457 g/mol. The summed E-state index contributed by atoms with van der Waals surface area (Å²) in [4.78, 5) is 15.2. The van der Waals surface area contributed by atoms with E-state index in [0.29, 0.717) is 23.4 Å². The van der Waals surface area contributed by atoms with Crippen molar-refractivity contribution in [3.05, 3.63) is 58.7 Å². The van der Waals surface area contributed by atoms with Crippen LogP contribution in [0, 0.1) is 26.7 Å². The van der Waals surface area contributed by atoms with Crippen molar-refractivity contribution in [2.45, 2.75) is 51.9 Å². The van der Waals surface area contributed by atoms with Crippen molar-refractivity contribution >= 4 is 21.6 Å². The van der Waals surface area contributed by atoms with Gasteiger partial charge >= 0.3 is 0 Å². The second-order valence-electron chi connectivity index (χ2n) is 9.02. The van der Waals surface area contributed by atoms with Crippen molar-refractivity contribution < 1.29 is 13.2 Å². The molecule has 0 bridgehead atoms. The standard InChI is InChI=1S/C25H35N3O3S/c1-18-10-14-28(15-11-18)13-5-12-26-25(29)22-8-6-20(3)24(17-22)32(30,31)27-23-9-7-19(2)21(4)16-23/h6-9,16-18,27H,5,10-15H2,1-4H3,(H,26,29). The minimum atomic E-state index is -3.81. The Balaban J connectivity index is 1.61. The second-order valence-corrected chi connectivity index (χ2v) is 10.7. The zero-order valence-electron chi connectivity index (χ0n) is 19.6. The molecular formula is C25H35N3O3S. The molecule has 1 amide bonds. The number of benzene rings is 2. The predicted octanol–water partition coefficient (Wildman–Crippen LogP) is 4.26. The van der Waals surface area contributed by atoms with Crippen LogP contribution in [-0.4, -0.2) is 45.4 Å². The lowest BCUT2D eigenvalue weighted by Gasteiger charge is -2.30. The van der Waals surface area contributed by atoms with Crippen LogP contribution in [0.4, 0.5) is 5.69 Å². The van der Waals surface area contributed by atoms with Crippen molar-refractivity contribution in [2.75, 3.05) is 30.9 Å². The molecule has 0 atom stereocenters. The molecule has 0 spiro atoms. The van der Waals surface area contributed by atoms with Crippen LogP contribution in [0.2, 0.25) is 0 Å². The second kappa shape index (κ2) is 10.5. The van der Waals surface area contributed by atoms with Crippen molar-refractivity contribution in [1.29, 1.82) is 0 Å². The summed E-state index contributed by atoms with van der Waals surface area (Å²) in [5.74, 6) is 0.558. The molecule has 0 aliphatic carbocycles. The SMILES string of the molecule is Cc1ccc(NS(=O)(=O)c2cc(C(=O)NCCCN3CCC(C)CC3)ccc2C)cc1C. The highest BCUT2D eigenvalue weighted by Gasteiger charge is 2.20. The third-order valence-electron chi connectivity index (χ3n) is 6.31. The molecule has 0 unspecified atom stereocenters. The highest BCUT2D eigenvalue weighted by molar-refractivity contribution is 7.92. The molecule has 7 heteroatoms. The first-order valence-electron chi connectivity index (χ1n) is 11.4. The summed E-state index contributed by atoms with van der Waals surface area (Å²) in [5, 5.41) is 2.93. The van der Waals surface area contributed by atoms with Gasteiger partial charge in [-0.2, -0.15) is 0 Å². The van der Waals surface area contributed by atoms with Gasteiger partial charge < -0.3 is 10.2 Å². The fourth-order valence-electron chi connectivity index (χ4n) is 3.94. The minimum absolute atomic E-state index is 0.116. The van der Waals surface area contributed by atoms with Crippen molar-refractivity contribution in [1.82, 2.24) is 10.2 Å². The molecule has 2 N–H and O–H groups in total. The predicted molar refractivity (Wildman–Crippen MR) is 130 cm³/mol. The Morgan fingerprint density at radius 2 is 1.69 bits per heavy atom. The zero-order valence-corrected chi connectivity index (χ0v) is 20.4. The number of amides is 1. The number of carbonyl (C=O) groups is 1. The maximum absolute atomic E-state index is 13.0. The molecular weight excluding hydrogens is 422 g/mol. The molecule has 0 saturated carbocycles. The van der Waals surface area contributed by atoms with E-state index in [1.807, 2.05) is 26.0 Å². The maximum Gasteiger partial charge on any atom is 0.262 e. The first-order chi connectivity index (χ1) is 15.2. The van der Waals surface area contributed by atoms with Crippen LogP contribution in [0.5, 0.6) is 0 Å². The quantitative estimate of drug-likeness (QED) is 0.581. The Labute approximate surface area is 192 Å².